The monoisotopic (exact) mass is 283 g/mol. The normalized spacial score (nSPS) is 22.5. The fourth-order valence-corrected chi connectivity index (χ4v) is 3.76. The summed E-state index contributed by atoms with van der Waals surface area (Å²) in [6.07, 6.45) is 0.638. The molecule has 1 fully saturated rings. The van der Waals surface area contributed by atoms with Gasteiger partial charge >= 0.3 is 0 Å². The number of rotatable bonds is 5. The number of hydrogen-bond acceptors (Lipinski definition) is 4. The van der Waals surface area contributed by atoms with Crippen molar-refractivity contribution in [2.24, 2.45) is 5.92 Å². The lowest BCUT2D eigenvalue weighted by Gasteiger charge is -2.17. The summed E-state index contributed by atoms with van der Waals surface area (Å²) < 4.78 is 24.3. The maximum Gasteiger partial charge on any atom is 0.179 e. The molecular weight excluding hydrogens is 262 g/mol. The zero-order valence-electron chi connectivity index (χ0n) is 11.2. The summed E-state index contributed by atoms with van der Waals surface area (Å²) in [6.45, 7) is 4.01. The Bertz CT molecular complexity index is 499. The molecule has 106 valence electrons. The summed E-state index contributed by atoms with van der Waals surface area (Å²) in [5, 5.41) is 9.53. The number of nitrogens with zero attached hydrogens (tertiary/aromatic N) is 1. The minimum absolute atomic E-state index is 0.142. The molecule has 0 aromatic heterocycles. The van der Waals surface area contributed by atoms with Gasteiger partial charge in [0.15, 0.2) is 9.84 Å². The zero-order chi connectivity index (χ0) is 13.9. The molecule has 0 aliphatic carbocycles. The van der Waals surface area contributed by atoms with E-state index in [9.17, 15) is 13.5 Å². The van der Waals surface area contributed by atoms with Crippen LogP contribution in [0.4, 0.5) is 0 Å². The van der Waals surface area contributed by atoms with Crippen molar-refractivity contribution < 1.29 is 13.5 Å². The summed E-state index contributed by atoms with van der Waals surface area (Å²) in [5.74, 6) is 0.420. The minimum Gasteiger partial charge on any atom is -0.393 e. The average molecular weight is 283 g/mol. The molecular formula is C14H21NO3S. The third kappa shape index (κ3) is 3.78. The van der Waals surface area contributed by atoms with Crippen molar-refractivity contribution >= 4 is 9.84 Å². The fourth-order valence-electron chi connectivity index (χ4n) is 2.45. The molecule has 0 saturated carbocycles. The van der Waals surface area contributed by atoms with Gasteiger partial charge in [0, 0.05) is 13.1 Å². The Kier molecular flexibility index (Phi) is 4.60. The molecule has 1 aliphatic rings. The van der Waals surface area contributed by atoms with Crippen LogP contribution in [0, 0.1) is 5.92 Å². The maximum atomic E-state index is 12.1. The van der Waals surface area contributed by atoms with E-state index < -0.39 is 9.84 Å². The number of sulfone groups is 1. The van der Waals surface area contributed by atoms with Gasteiger partial charge in [-0.1, -0.05) is 18.2 Å². The second-order valence-electron chi connectivity index (χ2n) is 5.22. The van der Waals surface area contributed by atoms with E-state index in [4.69, 9.17) is 0 Å². The highest BCUT2D eigenvalue weighted by molar-refractivity contribution is 7.91. The van der Waals surface area contributed by atoms with Gasteiger partial charge in [-0.05, 0) is 37.9 Å². The van der Waals surface area contributed by atoms with Crippen LogP contribution in [0.3, 0.4) is 0 Å². The van der Waals surface area contributed by atoms with E-state index in [0.29, 0.717) is 11.4 Å². The molecule has 2 rings (SSSR count). The van der Waals surface area contributed by atoms with Crippen molar-refractivity contribution in [2.75, 3.05) is 25.4 Å². The van der Waals surface area contributed by atoms with E-state index in [1.165, 1.54) is 0 Å². The van der Waals surface area contributed by atoms with Crippen LogP contribution >= 0.6 is 0 Å². The van der Waals surface area contributed by atoms with Crippen LogP contribution in [-0.2, 0) is 9.84 Å². The molecule has 1 aromatic rings. The molecule has 0 amide bonds. The molecule has 0 radical (unpaired) electrons. The van der Waals surface area contributed by atoms with Crippen molar-refractivity contribution in [1.82, 2.24) is 4.90 Å². The number of aliphatic hydroxyl groups excluding tert-OH is 1. The Hall–Kier alpha value is -0.910. The molecule has 1 aliphatic heterocycles. The summed E-state index contributed by atoms with van der Waals surface area (Å²) in [7, 11) is -3.19. The smallest absolute Gasteiger partial charge is 0.179 e. The molecule has 0 spiro atoms. The average Bonchev–Trinajstić information content (AvgIpc) is 2.87. The van der Waals surface area contributed by atoms with Crippen LogP contribution in [0.15, 0.2) is 35.2 Å². The third-order valence-corrected chi connectivity index (χ3v) is 5.48. The highest BCUT2D eigenvalue weighted by Gasteiger charge is 2.26. The maximum absolute atomic E-state index is 12.1. The molecule has 2 unspecified atom stereocenters. The Balaban J connectivity index is 1.90. The lowest BCUT2D eigenvalue weighted by Crippen LogP contribution is -2.29. The van der Waals surface area contributed by atoms with Crippen LogP contribution in [0.1, 0.15) is 13.3 Å². The molecule has 1 heterocycles. The van der Waals surface area contributed by atoms with E-state index in [-0.39, 0.29) is 17.8 Å². The first-order chi connectivity index (χ1) is 8.99. The standard InChI is InChI=1S/C14H21NO3S/c1-12(16)13-7-8-15(11-13)9-10-19(17,18)14-5-3-2-4-6-14/h2-6,12-13,16H,7-11H2,1H3. The summed E-state index contributed by atoms with van der Waals surface area (Å²) in [5.41, 5.74) is 0. The molecule has 19 heavy (non-hydrogen) atoms. The van der Waals surface area contributed by atoms with Crippen LogP contribution < -0.4 is 0 Å². The third-order valence-electron chi connectivity index (χ3n) is 3.77. The van der Waals surface area contributed by atoms with Gasteiger partial charge < -0.3 is 10.0 Å². The van der Waals surface area contributed by atoms with Gasteiger partial charge in [0.2, 0.25) is 0 Å². The van der Waals surface area contributed by atoms with Crippen LogP contribution in [0.2, 0.25) is 0 Å². The lowest BCUT2D eigenvalue weighted by molar-refractivity contribution is 0.128. The summed E-state index contributed by atoms with van der Waals surface area (Å²) in [6, 6.07) is 8.57. The second-order valence-corrected chi connectivity index (χ2v) is 7.33. The quantitative estimate of drug-likeness (QED) is 0.881. The molecule has 1 saturated heterocycles. The minimum atomic E-state index is -3.19. The molecule has 4 nitrogen and oxygen atoms in total. The van der Waals surface area contributed by atoms with E-state index in [1.807, 2.05) is 6.07 Å². The Labute approximate surface area is 115 Å². The van der Waals surface area contributed by atoms with Gasteiger partial charge in [0.05, 0.1) is 16.8 Å². The van der Waals surface area contributed by atoms with Crippen molar-refractivity contribution in [3.8, 4) is 0 Å². The first kappa shape index (κ1) is 14.5. The predicted octanol–water partition coefficient (Wildman–Crippen LogP) is 1.16. The Morgan fingerprint density at radius 1 is 1.37 bits per heavy atom. The SMILES string of the molecule is CC(O)C1CCN(CCS(=O)(=O)c2ccccc2)C1. The van der Waals surface area contributed by atoms with Crippen molar-refractivity contribution in [3.05, 3.63) is 30.3 Å². The van der Waals surface area contributed by atoms with Crippen LogP contribution in [0.5, 0.6) is 0 Å². The van der Waals surface area contributed by atoms with Gasteiger partial charge in [-0.25, -0.2) is 8.42 Å². The van der Waals surface area contributed by atoms with E-state index in [1.54, 1.807) is 31.2 Å². The number of hydrogen-bond donors (Lipinski definition) is 1. The lowest BCUT2D eigenvalue weighted by atomic mass is 10.0. The number of likely N-dealkylation sites (tertiary alicyclic amines) is 1. The van der Waals surface area contributed by atoms with E-state index in [2.05, 4.69) is 4.90 Å². The van der Waals surface area contributed by atoms with Crippen molar-refractivity contribution in [1.29, 1.82) is 0 Å². The van der Waals surface area contributed by atoms with Crippen molar-refractivity contribution in [3.63, 3.8) is 0 Å². The van der Waals surface area contributed by atoms with E-state index in [0.717, 1.165) is 19.5 Å². The molecule has 1 aromatic carbocycles. The first-order valence-corrected chi connectivity index (χ1v) is 8.32. The largest absolute Gasteiger partial charge is 0.393 e. The van der Waals surface area contributed by atoms with Gasteiger partial charge in [0.1, 0.15) is 0 Å². The summed E-state index contributed by atoms with van der Waals surface area (Å²) >= 11 is 0. The van der Waals surface area contributed by atoms with E-state index >= 15 is 0 Å². The Morgan fingerprint density at radius 2 is 2.05 bits per heavy atom. The Morgan fingerprint density at radius 3 is 2.63 bits per heavy atom. The highest BCUT2D eigenvalue weighted by Crippen LogP contribution is 2.20. The molecule has 5 heteroatoms. The second kappa shape index (κ2) is 6.03. The summed E-state index contributed by atoms with van der Waals surface area (Å²) in [4.78, 5) is 2.51. The van der Waals surface area contributed by atoms with Gasteiger partial charge in [0.25, 0.3) is 0 Å². The topological polar surface area (TPSA) is 57.6 Å². The first-order valence-electron chi connectivity index (χ1n) is 6.67. The zero-order valence-corrected chi connectivity index (χ0v) is 12.0. The van der Waals surface area contributed by atoms with Crippen LogP contribution in [-0.4, -0.2) is 49.9 Å². The van der Waals surface area contributed by atoms with Gasteiger partial charge in [-0.15, -0.1) is 0 Å². The molecule has 0 bridgehead atoms. The predicted molar refractivity (Wildman–Crippen MR) is 74.7 cm³/mol. The van der Waals surface area contributed by atoms with Crippen molar-refractivity contribution in [2.45, 2.75) is 24.3 Å². The molecule has 2 atom stereocenters. The number of aliphatic hydroxyl groups is 1. The molecule has 1 N–H and O–H groups in total. The van der Waals surface area contributed by atoms with Gasteiger partial charge in [-0.2, -0.15) is 0 Å². The fraction of sp³-hybridized carbons (Fsp3) is 0.571. The van der Waals surface area contributed by atoms with Crippen LogP contribution in [0.25, 0.3) is 0 Å². The van der Waals surface area contributed by atoms with Gasteiger partial charge in [-0.3, -0.25) is 0 Å². The highest BCUT2D eigenvalue weighted by atomic mass is 32.2. The number of benzene rings is 1.